The molecule has 0 amide bonds. The van der Waals surface area contributed by atoms with E-state index in [2.05, 4.69) is 15.9 Å². The average molecular weight is 308 g/mol. The second kappa shape index (κ2) is 5.87. The topological polar surface area (TPSA) is 31.2 Å². The molecule has 0 saturated carbocycles. The largest absolute Gasteiger partial charge is 0.461 e. The maximum absolute atomic E-state index is 11.9. The van der Waals surface area contributed by atoms with E-state index in [1.165, 1.54) is 0 Å². The van der Waals surface area contributed by atoms with E-state index in [0.717, 1.165) is 10.9 Å². The number of allylic oxidation sites excluding steroid dienone is 1. The fourth-order valence-corrected chi connectivity index (χ4v) is 2.09. The monoisotopic (exact) mass is 307 g/mol. The van der Waals surface area contributed by atoms with Crippen molar-refractivity contribution in [3.63, 3.8) is 0 Å². The minimum atomic E-state index is -0.281. The van der Waals surface area contributed by atoms with Gasteiger partial charge in [-0.2, -0.15) is 0 Å². The number of benzene rings is 1. The number of nitrogens with zero attached hydrogens (tertiary/aromatic N) is 1. The van der Waals surface area contributed by atoms with Gasteiger partial charge in [-0.1, -0.05) is 40.2 Å². The molecular weight excluding hydrogens is 294 g/mol. The third kappa shape index (κ3) is 2.48. The Labute approximate surface area is 114 Å². The van der Waals surface area contributed by atoms with Gasteiger partial charge in [0, 0.05) is 17.4 Å². The lowest BCUT2D eigenvalue weighted by atomic mass is 10.2. The summed E-state index contributed by atoms with van der Waals surface area (Å²) in [4.78, 5) is 13.7. The van der Waals surface area contributed by atoms with Gasteiger partial charge in [0.05, 0.1) is 6.61 Å². The first-order chi connectivity index (χ1) is 8.77. The molecule has 1 aromatic carbocycles. The van der Waals surface area contributed by atoms with E-state index in [-0.39, 0.29) is 5.97 Å². The van der Waals surface area contributed by atoms with Gasteiger partial charge in [0.1, 0.15) is 5.69 Å². The lowest BCUT2D eigenvalue weighted by Crippen LogP contribution is -2.11. The van der Waals surface area contributed by atoms with Gasteiger partial charge in [0.15, 0.2) is 0 Å². The molecule has 1 heterocycles. The van der Waals surface area contributed by atoms with Gasteiger partial charge in [0.25, 0.3) is 0 Å². The molecule has 0 aliphatic heterocycles. The fourth-order valence-electron chi connectivity index (χ4n) is 1.93. The Hall–Kier alpha value is -1.55. The second-order valence-corrected chi connectivity index (χ2v) is 4.31. The molecule has 0 saturated heterocycles. The zero-order chi connectivity index (χ0) is 13.0. The van der Waals surface area contributed by atoms with Crippen LogP contribution in [0.4, 0.5) is 0 Å². The zero-order valence-electron chi connectivity index (χ0n) is 10.1. The van der Waals surface area contributed by atoms with Gasteiger partial charge in [-0.05, 0) is 24.0 Å². The number of aromatic nitrogens is 1. The highest BCUT2D eigenvalue weighted by molar-refractivity contribution is 9.11. The Morgan fingerprint density at radius 1 is 1.44 bits per heavy atom. The first kappa shape index (κ1) is 12.9. The first-order valence-corrected chi connectivity index (χ1v) is 6.70. The summed E-state index contributed by atoms with van der Waals surface area (Å²) >= 11 is 3.24. The van der Waals surface area contributed by atoms with Crippen LogP contribution in [0, 0.1) is 0 Å². The molecule has 94 valence electrons. The predicted molar refractivity (Wildman–Crippen MR) is 76.0 cm³/mol. The van der Waals surface area contributed by atoms with Gasteiger partial charge >= 0.3 is 5.97 Å². The summed E-state index contributed by atoms with van der Waals surface area (Å²) in [5.41, 5.74) is 1.62. The standard InChI is InChI=1S/C14H14BrNO2/c1-2-18-14(17)13-10-11-6-3-4-7-12(11)16(13)9-5-8-15/h3-8,10H,2,9H2,1H3/b8-5+. The van der Waals surface area contributed by atoms with Gasteiger partial charge in [-0.25, -0.2) is 4.79 Å². The third-order valence-electron chi connectivity index (χ3n) is 2.67. The summed E-state index contributed by atoms with van der Waals surface area (Å²) in [5, 5.41) is 1.04. The third-order valence-corrected chi connectivity index (χ3v) is 3.05. The van der Waals surface area contributed by atoms with Crippen LogP contribution in [0.2, 0.25) is 0 Å². The number of carbonyl (C=O) groups is 1. The van der Waals surface area contributed by atoms with E-state index in [9.17, 15) is 4.79 Å². The summed E-state index contributed by atoms with van der Waals surface area (Å²) in [5.74, 6) is -0.281. The molecule has 0 N–H and O–H groups in total. The molecule has 0 aliphatic rings. The Kier molecular flexibility index (Phi) is 4.20. The number of esters is 1. The molecule has 0 radical (unpaired) electrons. The Morgan fingerprint density at radius 3 is 2.94 bits per heavy atom. The van der Waals surface area contributed by atoms with Crippen molar-refractivity contribution in [1.82, 2.24) is 4.57 Å². The first-order valence-electron chi connectivity index (χ1n) is 5.78. The summed E-state index contributed by atoms with van der Waals surface area (Å²) in [7, 11) is 0. The molecule has 0 unspecified atom stereocenters. The minimum Gasteiger partial charge on any atom is -0.461 e. The van der Waals surface area contributed by atoms with Crippen LogP contribution in [0.3, 0.4) is 0 Å². The van der Waals surface area contributed by atoms with Crippen LogP contribution in [0.15, 0.2) is 41.4 Å². The molecule has 2 aromatic rings. The van der Waals surface area contributed by atoms with Gasteiger partial charge in [-0.15, -0.1) is 0 Å². The molecule has 0 fully saturated rings. The summed E-state index contributed by atoms with van der Waals surface area (Å²) in [6.07, 6.45) is 1.94. The van der Waals surface area contributed by atoms with Crippen LogP contribution < -0.4 is 0 Å². The molecular formula is C14H14BrNO2. The number of ether oxygens (including phenoxy) is 1. The average Bonchev–Trinajstić information content (AvgIpc) is 2.75. The molecule has 18 heavy (non-hydrogen) atoms. The number of halogens is 1. The number of para-hydroxylation sites is 1. The lowest BCUT2D eigenvalue weighted by molar-refractivity contribution is 0.0515. The van der Waals surface area contributed by atoms with Gasteiger partial charge in [0.2, 0.25) is 0 Å². The van der Waals surface area contributed by atoms with E-state index >= 15 is 0 Å². The van der Waals surface area contributed by atoms with Crippen molar-refractivity contribution in [2.45, 2.75) is 13.5 Å². The van der Waals surface area contributed by atoms with Crippen molar-refractivity contribution in [2.75, 3.05) is 6.61 Å². The normalized spacial score (nSPS) is 11.2. The Bertz CT molecular complexity index is 586. The zero-order valence-corrected chi connectivity index (χ0v) is 11.7. The molecule has 0 bridgehead atoms. The molecule has 1 aromatic heterocycles. The highest BCUT2D eigenvalue weighted by Crippen LogP contribution is 2.20. The summed E-state index contributed by atoms with van der Waals surface area (Å²) in [6, 6.07) is 9.79. The van der Waals surface area contributed by atoms with Crippen LogP contribution >= 0.6 is 15.9 Å². The maximum atomic E-state index is 11.9. The summed E-state index contributed by atoms with van der Waals surface area (Å²) in [6.45, 7) is 2.82. The molecule has 0 aliphatic carbocycles. The maximum Gasteiger partial charge on any atom is 0.354 e. The van der Waals surface area contributed by atoms with E-state index < -0.39 is 0 Å². The number of rotatable bonds is 4. The number of carbonyl (C=O) groups excluding carboxylic acids is 1. The molecule has 3 nitrogen and oxygen atoms in total. The van der Waals surface area contributed by atoms with Gasteiger partial charge < -0.3 is 9.30 Å². The highest BCUT2D eigenvalue weighted by Gasteiger charge is 2.15. The number of hydrogen-bond acceptors (Lipinski definition) is 2. The van der Waals surface area contributed by atoms with E-state index in [0.29, 0.717) is 18.8 Å². The smallest absolute Gasteiger partial charge is 0.354 e. The van der Waals surface area contributed by atoms with Crippen LogP contribution in [0.25, 0.3) is 10.9 Å². The van der Waals surface area contributed by atoms with Crippen LogP contribution in [-0.4, -0.2) is 17.1 Å². The minimum absolute atomic E-state index is 0.281. The molecule has 0 spiro atoms. The SMILES string of the molecule is CCOC(=O)c1cc2ccccc2n1C/C=C/Br. The van der Waals surface area contributed by atoms with Crippen LogP contribution in [0.1, 0.15) is 17.4 Å². The van der Waals surface area contributed by atoms with Gasteiger partial charge in [-0.3, -0.25) is 0 Å². The van der Waals surface area contributed by atoms with Crippen LogP contribution in [-0.2, 0) is 11.3 Å². The predicted octanol–water partition coefficient (Wildman–Crippen LogP) is 3.73. The van der Waals surface area contributed by atoms with E-state index in [1.807, 2.05) is 47.9 Å². The fraction of sp³-hybridized carbons (Fsp3) is 0.214. The molecule has 2 rings (SSSR count). The van der Waals surface area contributed by atoms with Crippen molar-refractivity contribution in [2.24, 2.45) is 0 Å². The summed E-state index contributed by atoms with van der Waals surface area (Å²) < 4.78 is 7.03. The van der Waals surface area contributed by atoms with Crippen molar-refractivity contribution < 1.29 is 9.53 Å². The van der Waals surface area contributed by atoms with Crippen molar-refractivity contribution in [3.8, 4) is 0 Å². The van der Waals surface area contributed by atoms with E-state index in [4.69, 9.17) is 4.74 Å². The van der Waals surface area contributed by atoms with Crippen molar-refractivity contribution in [1.29, 1.82) is 0 Å². The van der Waals surface area contributed by atoms with Crippen LogP contribution in [0.5, 0.6) is 0 Å². The quantitative estimate of drug-likeness (QED) is 0.806. The highest BCUT2D eigenvalue weighted by atomic mass is 79.9. The molecule has 4 heteroatoms. The number of hydrogen-bond donors (Lipinski definition) is 0. The second-order valence-electron chi connectivity index (χ2n) is 3.78. The van der Waals surface area contributed by atoms with Crippen molar-refractivity contribution >= 4 is 32.8 Å². The Morgan fingerprint density at radius 2 is 2.22 bits per heavy atom. The molecule has 0 atom stereocenters. The van der Waals surface area contributed by atoms with Crippen molar-refractivity contribution in [3.05, 3.63) is 47.1 Å². The lowest BCUT2D eigenvalue weighted by Gasteiger charge is -2.07. The van der Waals surface area contributed by atoms with E-state index in [1.54, 1.807) is 4.99 Å². The Balaban J connectivity index is 2.52. The number of fused-ring (bicyclic) bond motifs is 1.